The number of hydrogen-bond acceptors (Lipinski definition) is 3. The number of carbonyl (C=O) groups excluding carboxylic acids is 1. The summed E-state index contributed by atoms with van der Waals surface area (Å²) >= 11 is 0. The summed E-state index contributed by atoms with van der Waals surface area (Å²) in [6, 6.07) is 12.4. The largest absolute Gasteiger partial charge is 0.455 e. The van der Waals surface area contributed by atoms with Crippen LogP contribution in [0.5, 0.6) is 0 Å². The van der Waals surface area contributed by atoms with E-state index in [1.807, 2.05) is 6.07 Å². The van der Waals surface area contributed by atoms with E-state index in [1.54, 1.807) is 13.1 Å². The van der Waals surface area contributed by atoms with Crippen molar-refractivity contribution >= 4 is 5.91 Å². The molecular weight excluding hydrogens is 312 g/mol. The van der Waals surface area contributed by atoms with Crippen LogP contribution in [0.3, 0.4) is 0 Å². The van der Waals surface area contributed by atoms with Gasteiger partial charge in [-0.05, 0) is 68.3 Å². The maximum atomic E-state index is 11.6. The summed E-state index contributed by atoms with van der Waals surface area (Å²) in [4.78, 5) is 14.1. The lowest BCUT2D eigenvalue weighted by Gasteiger charge is -2.32. The van der Waals surface area contributed by atoms with Crippen LogP contribution in [0.25, 0.3) is 0 Å². The van der Waals surface area contributed by atoms with Gasteiger partial charge in [-0.1, -0.05) is 24.3 Å². The molecule has 3 rings (SSSR count). The van der Waals surface area contributed by atoms with E-state index in [2.05, 4.69) is 41.4 Å². The Morgan fingerprint density at radius 1 is 1.28 bits per heavy atom. The van der Waals surface area contributed by atoms with Crippen molar-refractivity contribution in [3.8, 4) is 0 Å². The molecule has 1 aromatic carbocycles. The van der Waals surface area contributed by atoms with Crippen LogP contribution in [0.15, 0.2) is 40.8 Å². The number of benzene rings is 1. The second-order valence-electron chi connectivity index (χ2n) is 7.05. The lowest BCUT2D eigenvalue weighted by molar-refractivity contribution is 0.0929. The molecule has 25 heavy (non-hydrogen) atoms. The Kier molecular flexibility index (Phi) is 5.92. The summed E-state index contributed by atoms with van der Waals surface area (Å²) in [6.07, 6.45) is 4.95. The molecule has 1 N–H and O–H groups in total. The van der Waals surface area contributed by atoms with Crippen LogP contribution < -0.4 is 5.32 Å². The summed E-state index contributed by atoms with van der Waals surface area (Å²) < 4.78 is 5.67. The number of aryl methyl sites for hydroxylation is 2. The van der Waals surface area contributed by atoms with Gasteiger partial charge in [-0.3, -0.25) is 9.69 Å². The van der Waals surface area contributed by atoms with Crippen molar-refractivity contribution in [1.29, 1.82) is 0 Å². The highest BCUT2D eigenvalue weighted by Gasteiger charge is 2.21. The number of nitrogens with zero attached hydrogens (tertiary/aromatic N) is 1. The van der Waals surface area contributed by atoms with Gasteiger partial charge in [0.1, 0.15) is 5.76 Å². The van der Waals surface area contributed by atoms with Crippen molar-refractivity contribution < 1.29 is 9.21 Å². The van der Waals surface area contributed by atoms with Crippen LogP contribution in [0, 0.1) is 12.8 Å². The number of likely N-dealkylation sites (tertiary alicyclic amines) is 1. The normalized spacial score (nSPS) is 18.2. The third-order valence-electron chi connectivity index (χ3n) is 5.18. The molecule has 1 unspecified atom stereocenters. The van der Waals surface area contributed by atoms with E-state index in [9.17, 15) is 4.79 Å². The molecule has 0 aliphatic carbocycles. The van der Waals surface area contributed by atoms with E-state index in [-0.39, 0.29) is 5.91 Å². The van der Waals surface area contributed by atoms with Gasteiger partial charge in [0.2, 0.25) is 0 Å². The number of rotatable bonds is 6. The predicted molar refractivity (Wildman–Crippen MR) is 99.6 cm³/mol. The molecule has 1 aromatic heterocycles. The summed E-state index contributed by atoms with van der Waals surface area (Å²) in [6.45, 7) is 5.21. The van der Waals surface area contributed by atoms with Crippen LogP contribution in [0.1, 0.15) is 46.7 Å². The topological polar surface area (TPSA) is 45.5 Å². The third kappa shape index (κ3) is 4.73. The number of carbonyl (C=O) groups is 1. The quantitative estimate of drug-likeness (QED) is 0.870. The standard InChI is InChI=1S/C21H28N2O2/c1-16-6-3-4-8-18(16)10-9-17-7-5-13-23(14-17)15-19-11-12-20(25-19)21(24)22-2/h3-4,6,8,11-12,17H,5,7,9-10,13-15H2,1-2H3,(H,22,24). The van der Waals surface area contributed by atoms with Gasteiger partial charge < -0.3 is 9.73 Å². The Morgan fingerprint density at radius 3 is 2.92 bits per heavy atom. The molecular formula is C21H28N2O2. The van der Waals surface area contributed by atoms with E-state index in [0.29, 0.717) is 5.76 Å². The second-order valence-corrected chi connectivity index (χ2v) is 7.05. The highest BCUT2D eigenvalue weighted by atomic mass is 16.4. The van der Waals surface area contributed by atoms with Crippen molar-refractivity contribution in [3.05, 3.63) is 59.0 Å². The maximum absolute atomic E-state index is 11.6. The molecule has 2 heterocycles. The molecule has 1 aliphatic rings. The lowest BCUT2D eigenvalue weighted by Crippen LogP contribution is -2.35. The van der Waals surface area contributed by atoms with Crippen molar-refractivity contribution in [1.82, 2.24) is 10.2 Å². The van der Waals surface area contributed by atoms with Crippen LogP contribution in [0.4, 0.5) is 0 Å². The number of furan rings is 1. The molecule has 134 valence electrons. The van der Waals surface area contributed by atoms with Crippen LogP contribution in [-0.4, -0.2) is 30.9 Å². The fourth-order valence-electron chi connectivity index (χ4n) is 3.71. The predicted octanol–water partition coefficient (Wildman–Crippen LogP) is 3.79. The first kappa shape index (κ1) is 17.7. The Labute approximate surface area is 150 Å². The van der Waals surface area contributed by atoms with E-state index in [0.717, 1.165) is 37.7 Å². The SMILES string of the molecule is CNC(=O)c1ccc(CN2CCCC(CCc3ccccc3C)C2)o1. The zero-order valence-electron chi connectivity index (χ0n) is 15.3. The minimum atomic E-state index is -0.166. The van der Waals surface area contributed by atoms with E-state index >= 15 is 0 Å². The minimum Gasteiger partial charge on any atom is -0.455 e. The van der Waals surface area contributed by atoms with Gasteiger partial charge in [0.15, 0.2) is 5.76 Å². The Morgan fingerprint density at radius 2 is 2.12 bits per heavy atom. The van der Waals surface area contributed by atoms with Gasteiger partial charge in [-0.2, -0.15) is 0 Å². The summed E-state index contributed by atoms with van der Waals surface area (Å²) in [5, 5.41) is 2.60. The van der Waals surface area contributed by atoms with Crippen LogP contribution in [-0.2, 0) is 13.0 Å². The highest BCUT2D eigenvalue weighted by molar-refractivity contribution is 5.91. The molecule has 0 radical (unpaired) electrons. The number of piperidine rings is 1. The molecule has 1 saturated heterocycles. The third-order valence-corrected chi connectivity index (χ3v) is 5.18. The molecule has 1 fully saturated rings. The average Bonchev–Trinajstić information content (AvgIpc) is 3.09. The highest BCUT2D eigenvalue weighted by Crippen LogP contribution is 2.24. The molecule has 0 spiro atoms. The Balaban J connectivity index is 1.52. The van der Waals surface area contributed by atoms with E-state index < -0.39 is 0 Å². The van der Waals surface area contributed by atoms with Crippen molar-refractivity contribution in [2.24, 2.45) is 5.92 Å². The fourth-order valence-corrected chi connectivity index (χ4v) is 3.71. The Hall–Kier alpha value is -2.07. The van der Waals surface area contributed by atoms with Crippen molar-refractivity contribution in [2.45, 2.75) is 39.2 Å². The molecule has 1 amide bonds. The zero-order chi connectivity index (χ0) is 17.6. The second kappa shape index (κ2) is 8.34. The Bertz CT molecular complexity index is 707. The summed E-state index contributed by atoms with van der Waals surface area (Å²) in [5.74, 6) is 1.84. The number of hydrogen-bond donors (Lipinski definition) is 1. The summed E-state index contributed by atoms with van der Waals surface area (Å²) in [7, 11) is 1.62. The molecule has 1 atom stereocenters. The van der Waals surface area contributed by atoms with Gasteiger partial charge >= 0.3 is 0 Å². The molecule has 4 nitrogen and oxygen atoms in total. The zero-order valence-corrected chi connectivity index (χ0v) is 15.3. The van der Waals surface area contributed by atoms with E-state index in [1.165, 1.54) is 30.4 Å². The first-order chi connectivity index (χ1) is 12.2. The first-order valence-electron chi connectivity index (χ1n) is 9.23. The van der Waals surface area contributed by atoms with Gasteiger partial charge in [0.05, 0.1) is 6.54 Å². The monoisotopic (exact) mass is 340 g/mol. The smallest absolute Gasteiger partial charge is 0.286 e. The van der Waals surface area contributed by atoms with Crippen LogP contribution in [0.2, 0.25) is 0 Å². The minimum absolute atomic E-state index is 0.166. The lowest BCUT2D eigenvalue weighted by atomic mass is 9.90. The van der Waals surface area contributed by atoms with Gasteiger partial charge in [0.25, 0.3) is 5.91 Å². The molecule has 4 heteroatoms. The fraction of sp³-hybridized carbons (Fsp3) is 0.476. The summed E-state index contributed by atoms with van der Waals surface area (Å²) in [5.41, 5.74) is 2.87. The maximum Gasteiger partial charge on any atom is 0.286 e. The van der Waals surface area contributed by atoms with Gasteiger partial charge in [-0.15, -0.1) is 0 Å². The average molecular weight is 340 g/mol. The number of nitrogens with one attached hydrogen (secondary N) is 1. The van der Waals surface area contributed by atoms with E-state index in [4.69, 9.17) is 4.42 Å². The molecule has 0 saturated carbocycles. The first-order valence-corrected chi connectivity index (χ1v) is 9.23. The van der Waals surface area contributed by atoms with Gasteiger partial charge in [0, 0.05) is 13.6 Å². The van der Waals surface area contributed by atoms with Crippen LogP contribution >= 0.6 is 0 Å². The van der Waals surface area contributed by atoms with Crippen molar-refractivity contribution in [3.63, 3.8) is 0 Å². The molecule has 2 aromatic rings. The van der Waals surface area contributed by atoms with Crippen molar-refractivity contribution in [2.75, 3.05) is 20.1 Å². The molecule has 0 bridgehead atoms. The number of amides is 1. The molecule has 1 aliphatic heterocycles. The van der Waals surface area contributed by atoms with Gasteiger partial charge in [-0.25, -0.2) is 0 Å².